The van der Waals surface area contributed by atoms with Gasteiger partial charge in [0.05, 0.1) is 19.4 Å². The second-order valence-electron chi connectivity index (χ2n) is 8.36. The maximum atomic E-state index is 12.3. The molecule has 0 aliphatic rings. The van der Waals surface area contributed by atoms with E-state index in [1.165, 1.54) is 6.21 Å². The number of carbonyl (C=O) groups is 3. The van der Waals surface area contributed by atoms with Crippen LogP contribution in [0.3, 0.4) is 0 Å². The fourth-order valence-electron chi connectivity index (χ4n) is 3.24. The van der Waals surface area contributed by atoms with Gasteiger partial charge in [0.25, 0.3) is 5.91 Å². The average molecular weight is 611 g/mol. The molecule has 0 unspecified atom stereocenters. The minimum absolute atomic E-state index is 0.219. The van der Waals surface area contributed by atoms with Crippen LogP contribution in [0, 0.1) is 0 Å². The van der Waals surface area contributed by atoms with Gasteiger partial charge in [0, 0.05) is 15.8 Å². The van der Waals surface area contributed by atoms with E-state index in [1.54, 1.807) is 54.6 Å². The molecule has 40 heavy (non-hydrogen) atoms. The third-order valence-electron chi connectivity index (χ3n) is 5.22. The molecule has 0 fully saturated rings. The van der Waals surface area contributed by atoms with E-state index < -0.39 is 11.8 Å². The Kier molecular flexibility index (Phi) is 12.0. The van der Waals surface area contributed by atoms with E-state index >= 15 is 0 Å². The molecule has 210 valence electrons. The predicted octanol–water partition coefficient (Wildman–Crippen LogP) is 5.13. The number of unbranched alkanes of at least 4 members (excludes halogenated alkanes) is 1. The summed E-state index contributed by atoms with van der Waals surface area (Å²) in [6, 6.07) is 18.9. The lowest BCUT2D eigenvalue weighted by Gasteiger charge is -2.12. The molecule has 0 saturated heterocycles. The summed E-state index contributed by atoms with van der Waals surface area (Å²) in [6.07, 6.45) is 3.35. The number of hydrogen-bond acceptors (Lipinski definition) is 7. The molecule has 3 amide bonds. The number of anilines is 2. The lowest BCUT2D eigenvalue weighted by Crippen LogP contribution is -2.32. The van der Waals surface area contributed by atoms with Gasteiger partial charge in [-0.05, 0) is 85.6 Å². The third kappa shape index (κ3) is 10.1. The van der Waals surface area contributed by atoms with Crippen molar-refractivity contribution in [2.24, 2.45) is 5.10 Å². The fraction of sp³-hybridized carbons (Fsp3) is 0.241. The molecule has 0 spiro atoms. The number of amides is 3. The number of benzene rings is 3. The van der Waals surface area contributed by atoms with Crippen LogP contribution in [-0.2, 0) is 14.4 Å². The van der Waals surface area contributed by atoms with Gasteiger partial charge in [-0.3, -0.25) is 14.4 Å². The van der Waals surface area contributed by atoms with Crippen molar-refractivity contribution in [1.29, 1.82) is 0 Å². The van der Waals surface area contributed by atoms with Crippen LogP contribution in [-0.4, -0.2) is 43.8 Å². The molecule has 3 aromatic carbocycles. The lowest BCUT2D eigenvalue weighted by molar-refractivity contribution is -0.136. The Morgan fingerprint density at radius 1 is 0.825 bits per heavy atom. The van der Waals surface area contributed by atoms with Gasteiger partial charge >= 0.3 is 11.8 Å². The van der Waals surface area contributed by atoms with Crippen molar-refractivity contribution in [2.75, 3.05) is 30.5 Å². The highest BCUT2D eigenvalue weighted by Gasteiger charge is 2.13. The smallest absolute Gasteiger partial charge is 0.329 e. The summed E-state index contributed by atoms with van der Waals surface area (Å²) in [5.41, 5.74) is 3.87. The number of carbonyl (C=O) groups excluding carboxylic acids is 3. The summed E-state index contributed by atoms with van der Waals surface area (Å²) in [5.74, 6) is -0.664. The summed E-state index contributed by atoms with van der Waals surface area (Å²) in [4.78, 5) is 36.6. The van der Waals surface area contributed by atoms with Gasteiger partial charge in [0.15, 0.2) is 18.1 Å². The van der Waals surface area contributed by atoms with E-state index in [2.05, 4.69) is 44.0 Å². The van der Waals surface area contributed by atoms with Gasteiger partial charge in [-0.25, -0.2) is 5.43 Å². The molecule has 0 aliphatic carbocycles. The molecule has 11 heteroatoms. The molecule has 0 bridgehead atoms. The van der Waals surface area contributed by atoms with Crippen LogP contribution in [0.1, 0.15) is 32.3 Å². The second-order valence-corrected chi connectivity index (χ2v) is 9.28. The minimum Gasteiger partial charge on any atom is -0.494 e. The molecule has 0 heterocycles. The van der Waals surface area contributed by atoms with Gasteiger partial charge in [0.1, 0.15) is 5.75 Å². The number of hydrogen-bond donors (Lipinski definition) is 3. The van der Waals surface area contributed by atoms with Crippen molar-refractivity contribution >= 4 is 51.2 Å². The predicted molar refractivity (Wildman–Crippen MR) is 157 cm³/mol. The van der Waals surface area contributed by atoms with Crippen LogP contribution in [0.5, 0.6) is 17.2 Å². The maximum Gasteiger partial charge on any atom is 0.329 e. The number of rotatable bonds is 13. The van der Waals surface area contributed by atoms with Crippen molar-refractivity contribution in [2.45, 2.75) is 26.7 Å². The molecule has 10 nitrogen and oxygen atoms in total. The molecule has 0 atom stereocenters. The van der Waals surface area contributed by atoms with Crippen LogP contribution in [0.25, 0.3) is 0 Å². The maximum absolute atomic E-state index is 12.3. The molecule has 3 N–H and O–H groups in total. The Balaban J connectivity index is 1.50. The van der Waals surface area contributed by atoms with Gasteiger partial charge in [-0.1, -0.05) is 29.3 Å². The Morgan fingerprint density at radius 3 is 2.23 bits per heavy atom. The van der Waals surface area contributed by atoms with Gasteiger partial charge < -0.3 is 24.8 Å². The highest BCUT2D eigenvalue weighted by molar-refractivity contribution is 9.10. The average Bonchev–Trinajstić information content (AvgIpc) is 2.95. The van der Waals surface area contributed by atoms with E-state index in [9.17, 15) is 14.4 Å². The Labute approximate surface area is 241 Å². The van der Waals surface area contributed by atoms with Crippen molar-refractivity contribution in [3.8, 4) is 17.2 Å². The van der Waals surface area contributed by atoms with E-state index in [0.717, 1.165) is 17.3 Å². The first-order valence-corrected chi connectivity index (χ1v) is 13.5. The SMILES string of the molecule is CCCCOc1ccc(NC(=O)C(=O)N/N=C\c2ccc(OCC(=O)Nc3ccc(Br)cc3)c(OCC)c2)cc1. The van der Waals surface area contributed by atoms with Crippen LogP contribution in [0.2, 0.25) is 0 Å². The Morgan fingerprint density at radius 2 is 1.52 bits per heavy atom. The molecule has 3 aromatic rings. The van der Waals surface area contributed by atoms with Crippen molar-refractivity contribution in [3.63, 3.8) is 0 Å². The van der Waals surface area contributed by atoms with Gasteiger partial charge in [0.2, 0.25) is 0 Å². The van der Waals surface area contributed by atoms with Crippen LogP contribution >= 0.6 is 15.9 Å². The number of nitrogens with zero attached hydrogens (tertiary/aromatic N) is 1. The standard InChI is InChI=1S/C29H31BrN4O6/c1-3-5-16-39-24-13-11-23(12-14-24)33-28(36)29(37)34-31-18-20-6-15-25(26(17-20)38-4-2)40-19-27(35)32-22-9-7-21(30)8-10-22/h6-15,17-18H,3-5,16,19H2,1-2H3,(H,32,35)(H,33,36)(H,34,37)/b31-18-. The van der Waals surface area contributed by atoms with Crippen molar-refractivity contribution in [1.82, 2.24) is 5.43 Å². The number of halogens is 1. The van der Waals surface area contributed by atoms with Gasteiger partial charge in [-0.15, -0.1) is 0 Å². The zero-order valence-corrected chi connectivity index (χ0v) is 23.8. The summed E-state index contributed by atoms with van der Waals surface area (Å²) in [5, 5.41) is 9.11. The first-order chi connectivity index (χ1) is 19.4. The van der Waals surface area contributed by atoms with Crippen molar-refractivity contribution < 1.29 is 28.6 Å². The number of nitrogens with one attached hydrogen (secondary N) is 3. The van der Waals surface area contributed by atoms with E-state index in [1.807, 2.05) is 19.1 Å². The van der Waals surface area contributed by atoms with Crippen LogP contribution in [0.4, 0.5) is 11.4 Å². The zero-order valence-electron chi connectivity index (χ0n) is 22.2. The second kappa shape index (κ2) is 15.9. The third-order valence-corrected chi connectivity index (χ3v) is 5.75. The number of ether oxygens (including phenoxy) is 3. The fourth-order valence-corrected chi connectivity index (χ4v) is 3.50. The molecule has 0 radical (unpaired) electrons. The molecule has 0 aliphatic heterocycles. The molecule has 0 aromatic heterocycles. The zero-order chi connectivity index (χ0) is 28.7. The number of hydrazone groups is 1. The summed E-state index contributed by atoms with van der Waals surface area (Å²) in [7, 11) is 0. The highest BCUT2D eigenvalue weighted by Crippen LogP contribution is 2.28. The lowest BCUT2D eigenvalue weighted by atomic mass is 10.2. The Hall–Kier alpha value is -4.38. The summed E-state index contributed by atoms with van der Waals surface area (Å²) in [6.45, 7) is 4.66. The largest absolute Gasteiger partial charge is 0.494 e. The van der Waals surface area contributed by atoms with E-state index in [-0.39, 0.29) is 12.5 Å². The minimum atomic E-state index is -0.929. The highest BCUT2D eigenvalue weighted by atomic mass is 79.9. The molecule has 3 rings (SSSR count). The van der Waals surface area contributed by atoms with Crippen LogP contribution in [0.15, 0.2) is 76.3 Å². The van der Waals surface area contributed by atoms with Gasteiger partial charge in [-0.2, -0.15) is 5.10 Å². The molecular formula is C29H31BrN4O6. The van der Waals surface area contributed by atoms with Crippen LogP contribution < -0.4 is 30.3 Å². The van der Waals surface area contributed by atoms with E-state index in [4.69, 9.17) is 14.2 Å². The van der Waals surface area contributed by atoms with Crippen molar-refractivity contribution in [3.05, 3.63) is 76.8 Å². The first-order valence-electron chi connectivity index (χ1n) is 12.7. The molecular weight excluding hydrogens is 580 g/mol. The molecule has 0 saturated carbocycles. The normalized spacial score (nSPS) is 10.6. The first kappa shape index (κ1) is 30.2. The summed E-state index contributed by atoms with van der Waals surface area (Å²) >= 11 is 3.35. The quantitative estimate of drug-likeness (QED) is 0.106. The summed E-state index contributed by atoms with van der Waals surface area (Å²) < 4.78 is 17.8. The van der Waals surface area contributed by atoms with E-state index in [0.29, 0.717) is 47.4 Å². The monoisotopic (exact) mass is 610 g/mol. The topological polar surface area (TPSA) is 127 Å². The Bertz CT molecular complexity index is 1310.